The third-order valence-electron chi connectivity index (χ3n) is 11.0. The minimum absolute atomic E-state index is 0.0434. The van der Waals surface area contributed by atoms with E-state index in [4.69, 9.17) is 23.2 Å². The molecular weight excluding hydrogens is 775 g/mol. The van der Waals surface area contributed by atoms with Crippen LogP contribution in [0.5, 0.6) is 0 Å². The predicted octanol–water partition coefficient (Wildman–Crippen LogP) is 7.90. The molecule has 0 atom stereocenters. The molecule has 0 bridgehead atoms. The van der Waals surface area contributed by atoms with Crippen LogP contribution in [-0.2, 0) is 35.3 Å². The van der Waals surface area contributed by atoms with Crippen LogP contribution in [0.25, 0.3) is 11.1 Å². The quantitative estimate of drug-likeness (QED) is 0.188. The minimum atomic E-state index is 0.0434. The Labute approximate surface area is 327 Å². The second-order valence-electron chi connectivity index (χ2n) is 14.1. The third kappa shape index (κ3) is 7.62. The normalized spacial score (nSPS) is 16.7. The van der Waals surface area contributed by atoms with E-state index >= 15 is 0 Å². The van der Waals surface area contributed by atoms with Gasteiger partial charge in [-0.1, -0.05) is 46.5 Å². The smallest absolute Gasteiger partial charge is 0.219 e. The van der Waals surface area contributed by atoms with Crippen molar-refractivity contribution in [3.05, 3.63) is 146 Å². The first-order valence-electron chi connectivity index (χ1n) is 18.1. The Bertz CT molecular complexity index is 2300. The van der Waals surface area contributed by atoms with E-state index in [9.17, 15) is 19.2 Å². The van der Waals surface area contributed by atoms with Crippen LogP contribution in [0.1, 0.15) is 84.3 Å². The summed E-state index contributed by atoms with van der Waals surface area (Å²) in [5, 5.41) is 1.43. The second-order valence-corrected chi connectivity index (χ2v) is 15.8. The highest BCUT2D eigenvalue weighted by atomic mass is 79.9. The van der Waals surface area contributed by atoms with Crippen molar-refractivity contribution in [3.8, 4) is 0 Å². The number of nitrogens with one attached hydrogen (secondary N) is 2. The lowest BCUT2D eigenvalue weighted by Crippen LogP contribution is -2.34. The predicted molar refractivity (Wildman–Crippen MR) is 215 cm³/mol. The van der Waals surface area contributed by atoms with E-state index in [0.717, 1.165) is 101 Å². The highest BCUT2D eigenvalue weighted by molar-refractivity contribution is 9.10. The Balaban J connectivity index is 0.000000164. The monoisotopic (exact) mass is 814 g/mol. The van der Waals surface area contributed by atoms with Crippen molar-refractivity contribution in [1.29, 1.82) is 0 Å². The molecule has 274 valence electrons. The van der Waals surface area contributed by atoms with E-state index in [1.807, 2.05) is 34.1 Å². The van der Waals surface area contributed by atoms with Gasteiger partial charge in [0.05, 0.1) is 15.9 Å². The molecule has 0 unspecified atom stereocenters. The maximum atomic E-state index is 12.8. The van der Waals surface area contributed by atoms with E-state index in [-0.39, 0.29) is 22.7 Å². The molecule has 4 aromatic rings. The lowest BCUT2D eigenvalue weighted by atomic mass is 9.88. The Morgan fingerprint density at radius 2 is 1.11 bits per heavy atom. The molecule has 8 nitrogen and oxygen atoms in total. The third-order valence-corrected chi connectivity index (χ3v) is 12.1. The number of carbonyl (C=O) groups excluding carboxylic acids is 2. The highest BCUT2D eigenvalue weighted by Crippen LogP contribution is 2.39. The van der Waals surface area contributed by atoms with Crippen LogP contribution in [0.15, 0.2) is 80.1 Å². The molecule has 2 aliphatic carbocycles. The maximum absolute atomic E-state index is 12.8. The standard InChI is InChI=1S/C21H20BrClN2O2.C21H21ClN2O2/c1-12(26)25-8-6-13(7-9-25)19-16-5-3-15(23)10-14(16)2-4-17-20(19)24-11-18(22)21(17)27;1-13(25)24-10-7-14(8-11-24)20-17-5-3-16(22)12-15(17)2-4-18-19(26)6-9-23-21(18)20/h3,5,10-11H,2,4,6-9H2,1H3,(H,24,27);3,5-6,9,12H,2,4,7-8,10-11H2,1H3,(H,23,26). The van der Waals surface area contributed by atoms with Crippen LogP contribution in [0.3, 0.4) is 0 Å². The first-order valence-corrected chi connectivity index (χ1v) is 19.7. The van der Waals surface area contributed by atoms with Gasteiger partial charge in [-0.2, -0.15) is 0 Å². The molecule has 2 amide bonds. The van der Waals surface area contributed by atoms with Gasteiger partial charge in [-0.25, -0.2) is 0 Å². The van der Waals surface area contributed by atoms with E-state index in [0.29, 0.717) is 35.4 Å². The van der Waals surface area contributed by atoms with Gasteiger partial charge in [0.1, 0.15) is 0 Å². The molecule has 53 heavy (non-hydrogen) atoms. The summed E-state index contributed by atoms with van der Waals surface area (Å²) < 4.78 is 0.556. The van der Waals surface area contributed by atoms with Gasteiger partial charge in [0, 0.05) is 90.8 Å². The first-order chi connectivity index (χ1) is 25.5. The van der Waals surface area contributed by atoms with Crippen molar-refractivity contribution in [3.63, 3.8) is 0 Å². The molecule has 2 fully saturated rings. The van der Waals surface area contributed by atoms with Gasteiger partial charge in [-0.05, 0) is 114 Å². The van der Waals surface area contributed by atoms with Crippen LogP contribution in [0, 0.1) is 0 Å². The average molecular weight is 817 g/mol. The Kier molecular flexibility index (Phi) is 11.0. The Morgan fingerprint density at radius 1 is 0.642 bits per heavy atom. The van der Waals surface area contributed by atoms with Crippen LogP contribution in [0.2, 0.25) is 10.0 Å². The summed E-state index contributed by atoms with van der Waals surface area (Å²) in [6.07, 6.45) is 9.69. The van der Waals surface area contributed by atoms with E-state index in [2.05, 4.69) is 38.0 Å². The molecule has 2 aliphatic heterocycles. The van der Waals surface area contributed by atoms with Crippen molar-refractivity contribution in [2.75, 3.05) is 26.2 Å². The zero-order valence-corrected chi connectivity index (χ0v) is 32.9. The second kappa shape index (κ2) is 15.7. The number of benzene rings is 2. The summed E-state index contributed by atoms with van der Waals surface area (Å²) in [5.74, 6) is 0.237. The number of pyridine rings is 2. The number of amides is 2. The number of hydrogen-bond donors (Lipinski definition) is 2. The van der Waals surface area contributed by atoms with E-state index in [1.54, 1.807) is 32.3 Å². The summed E-state index contributed by atoms with van der Waals surface area (Å²) in [7, 11) is 0. The molecule has 2 aromatic carbocycles. The average Bonchev–Trinajstić information content (AvgIpc) is 3.42. The fourth-order valence-corrected chi connectivity index (χ4v) is 8.97. The number of piperidine rings is 2. The van der Waals surface area contributed by atoms with Crippen LogP contribution >= 0.6 is 39.1 Å². The topological polar surface area (TPSA) is 106 Å². The van der Waals surface area contributed by atoms with Gasteiger partial charge in [0.25, 0.3) is 0 Å². The largest absolute Gasteiger partial charge is 0.361 e. The minimum Gasteiger partial charge on any atom is -0.361 e. The summed E-state index contributed by atoms with van der Waals surface area (Å²) in [5.41, 5.74) is 13.1. The summed E-state index contributed by atoms with van der Waals surface area (Å²) >= 11 is 15.8. The molecule has 8 rings (SSSR count). The summed E-state index contributed by atoms with van der Waals surface area (Å²) in [4.78, 5) is 59.1. The SMILES string of the molecule is CC(=O)N1CCC(=C2c3ccc(Cl)cc3CCc3c2[nH]cc(Br)c3=O)CC1.CC(=O)N1CCC(=C2c3ccc(Cl)cc3CCc3c2[nH]ccc3=O)CC1. The maximum Gasteiger partial charge on any atom is 0.219 e. The number of rotatable bonds is 0. The van der Waals surface area contributed by atoms with Gasteiger partial charge in [-0.3, -0.25) is 19.2 Å². The number of aromatic nitrogens is 2. The molecule has 2 N–H and O–H groups in total. The van der Waals surface area contributed by atoms with Gasteiger partial charge >= 0.3 is 0 Å². The zero-order chi connectivity index (χ0) is 37.4. The number of aromatic amines is 2. The molecule has 11 heteroatoms. The molecular formula is C42H41BrCl2N4O4. The van der Waals surface area contributed by atoms with Crippen molar-refractivity contribution < 1.29 is 9.59 Å². The summed E-state index contributed by atoms with van der Waals surface area (Å²) in [6, 6.07) is 13.6. The number of carbonyl (C=O) groups is 2. The molecule has 4 aliphatic rings. The molecule has 4 heterocycles. The van der Waals surface area contributed by atoms with Crippen LogP contribution in [-0.4, -0.2) is 57.8 Å². The van der Waals surface area contributed by atoms with Gasteiger partial charge < -0.3 is 19.8 Å². The van der Waals surface area contributed by atoms with Crippen molar-refractivity contribution in [1.82, 2.24) is 19.8 Å². The molecule has 2 aromatic heterocycles. The Hall–Kier alpha value is -4.18. The van der Waals surface area contributed by atoms with Crippen molar-refractivity contribution in [2.24, 2.45) is 0 Å². The fourth-order valence-electron chi connectivity index (χ4n) is 8.22. The lowest BCUT2D eigenvalue weighted by Gasteiger charge is -2.29. The molecule has 0 spiro atoms. The van der Waals surface area contributed by atoms with E-state index < -0.39 is 0 Å². The first kappa shape index (κ1) is 37.1. The van der Waals surface area contributed by atoms with Gasteiger partial charge in [0.15, 0.2) is 10.9 Å². The van der Waals surface area contributed by atoms with Crippen LogP contribution in [0.4, 0.5) is 0 Å². The number of hydrogen-bond acceptors (Lipinski definition) is 4. The highest BCUT2D eigenvalue weighted by Gasteiger charge is 2.28. The lowest BCUT2D eigenvalue weighted by molar-refractivity contribution is -0.130. The number of halogens is 3. The summed E-state index contributed by atoms with van der Waals surface area (Å²) in [6.45, 7) is 6.12. The molecule has 0 radical (unpaired) electrons. The van der Waals surface area contributed by atoms with Crippen molar-refractivity contribution in [2.45, 2.75) is 65.2 Å². The Morgan fingerprint density at radius 3 is 1.60 bits per heavy atom. The van der Waals surface area contributed by atoms with Crippen LogP contribution < -0.4 is 10.9 Å². The molecule has 2 saturated heterocycles. The van der Waals surface area contributed by atoms with Gasteiger partial charge in [0.2, 0.25) is 11.8 Å². The van der Waals surface area contributed by atoms with Crippen molar-refractivity contribution >= 4 is 62.1 Å². The number of aryl methyl sites for hydroxylation is 2. The fraction of sp³-hybridized carbons (Fsp3) is 0.333. The number of fused-ring (bicyclic) bond motifs is 4. The zero-order valence-electron chi connectivity index (χ0n) is 29.8. The number of H-pyrrole nitrogens is 2. The molecule has 0 saturated carbocycles. The van der Waals surface area contributed by atoms with E-state index in [1.165, 1.54) is 22.3 Å². The number of nitrogens with zero attached hydrogens (tertiary/aromatic N) is 2. The number of likely N-dealkylation sites (tertiary alicyclic amines) is 2. The van der Waals surface area contributed by atoms with Gasteiger partial charge in [-0.15, -0.1) is 0 Å².